The molecule has 0 unspecified atom stereocenters. The quantitative estimate of drug-likeness (QED) is 0.594. The minimum Gasteiger partial charge on any atom is -0.481 e. The molecule has 0 saturated carbocycles. The fourth-order valence-corrected chi connectivity index (χ4v) is 3.93. The summed E-state index contributed by atoms with van der Waals surface area (Å²) in [5.41, 5.74) is 4.32. The van der Waals surface area contributed by atoms with E-state index in [4.69, 9.17) is 4.74 Å². The van der Waals surface area contributed by atoms with E-state index in [0.717, 1.165) is 17.4 Å². The second kappa shape index (κ2) is 9.41. The molecule has 2 amide bonds. The standard InChI is InChI=1S/C22H20N4O3S/c27-19(14-29-18-10-4-8-17-9-5-12-23-21(17)18)24-25-22-26(20(28)15-30-22)13-11-16-6-2-1-3-7-16/h1-10,12H,11,13-15H2,(H,24,27). The number of carbonyl (C=O) groups is 2. The Balaban J connectivity index is 1.33. The summed E-state index contributed by atoms with van der Waals surface area (Å²) in [6.07, 6.45) is 2.40. The summed E-state index contributed by atoms with van der Waals surface area (Å²) in [5, 5.41) is 5.56. The van der Waals surface area contributed by atoms with E-state index in [9.17, 15) is 9.59 Å². The lowest BCUT2D eigenvalue weighted by molar-refractivity contribution is -0.125. The van der Waals surface area contributed by atoms with Crippen molar-refractivity contribution >= 4 is 39.6 Å². The van der Waals surface area contributed by atoms with E-state index in [-0.39, 0.29) is 12.5 Å². The molecule has 8 heteroatoms. The number of hydrogen-bond acceptors (Lipinski definition) is 6. The van der Waals surface area contributed by atoms with E-state index in [1.165, 1.54) is 11.8 Å². The normalized spacial score (nSPS) is 15.0. The van der Waals surface area contributed by atoms with Gasteiger partial charge in [0.15, 0.2) is 11.8 Å². The summed E-state index contributed by atoms with van der Waals surface area (Å²) in [4.78, 5) is 30.3. The fraction of sp³-hybridized carbons (Fsp3) is 0.182. The largest absolute Gasteiger partial charge is 0.481 e. The molecule has 2 heterocycles. The van der Waals surface area contributed by atoms with Gasteiger partial charge < -0.3 is 4.74 Å². The Labute approximate surface area is 178 Å². The average molecular weight is 420 g/mol. The van der Waals surface area contributed by atoms with Gasteiger partial charge in [0.1, 0.15) is 11.3 Å². The average Bonchev–Trinajstić information content (AvgIpc) is 3.14. The van der Waals surface area contributed by atoms with Crippen molar-refractivity contribution < 1.29 is 14.3 Å². The number of benzene rings is 2. The summed E-state index contributed by atoms with van der Waals surface area (Å²) in [7, 11) is 0. The van der Waals surface area contributed by atoms with Crippen molar-refractivity contribution in [2.24, 2.45) is 5.10 Å². The molecule has 30 heavy (non-hydrogen) atoms. The first-order valence-corrected chi connectivity index (χ1v) is 10.5. The molecule has 1 fully saturated rings. The second-order valence-corrected chi connectivity index (χ2v) is 7.56. The predicted molar refractivity (Wildman–Crippen MR) is 117 cm³/mol. The van der Waals surface area contributed by atoms with E-state index in [1.54, 1.807) is 17.2 Å². The molecular weight excluding hydrogens is 400 g/mol. The zero-order chi connectivity index (χ0) is 20.8. The molecular formula is C22H20N4O3S. The molecule has 0 aliphatic carbocycles. The Morgan fingerprint density at radius 1 is 1.13 bits per heavy atom. The van der Waals surface area contributed by atoms with Gasteiger partial charge in [0.05, 0.1) is 5.75 Å². The van der Waals surface area contributed by atoms with E-state index in [2.05, 4.69) is 15.5 Å². The van der Waals surface area contributed by atoms with E-state index >= 15 is 0 Å². The lowest BCUT2D eigenvalue weighted by Crippen LogP contribution is -2.34. The lowest BCUT2D eigenvalue weighted by atomic mass is 10.1. The SMILES string of the molecule is O=C(COc1cccc2cccnc12)NN=C1SCC(=O)N1CCc1ccccc1. The van der Waals surface area contributed by atoms with Crippen LogP contribution in [0.5, 0.6) is 5.75 Å². The first kappa shape index (κ1) is 19.9. The summed E-state index contributed by atoms with van der Waals surface area (Å²) in [6.45, 7) is 0.317. The summed E-state index contributed by atoms with van der Waals surface area (Å²) in [6, 6.07) is 19.3. The number of ether oxygens (including phenoxy) is 1. The number of nitrogens with one attached hydrogen (secondary N) is 1. The highest BCUT2D eigenvalue weighted by Gasteiger charge is 2.28. The number of rotatable bonds is 7. The van der Waals surface area contributed by atoms with Crippen LogP contribution in [0.15, 0.2) is 72.0 Å². The summed E-state index contributed by atoms with van der Waals surface area (Å²) >= 11 is 1.31. The third kappa shape index (κ3) is 4.77. The molecule has 0 radical (unpaired) electrons. The molecule has 0 atom stereocenters. The minimum atomic E-state index is -0.404. The number of fused-ring (bicyclic) bond motifs is 1. The highest BCUT2D eigenvalue weighted by atomic mass is 32.2. The molecule has 1 saturated heterocycles. The Bertz CT molecular complexity index is 1080. The number of carbonyl (C=O) groups excluding carboxylic acids is 2. The number of thioether (sulfide) groups is 1. The van der Waals surface area contributed by atoms with Crippen LogP contribution in [0.25, 0.3) is 10.9 Å². The molecule has 152 valence electrons. The minimum absolute atomic E-state index is 0.0120. The van der Waals surface area contributed by atoms with Gasteiger partial charge in [-0.3, -0.25) is 19.5 Å². The van der Waals surface area contributed by atoms with Gasteiger partial charge in [0.25, 0.3) is 5.91 Å². The molecule has 1 N–H and O–H groups in total. The molecule has 1 aliphatic rings. The van der Waals surface area contributed by atoms with Crippen molar-refractivity contribution in [1.82, 2.24) is 15.3 Å². The number of amides is 2. The Hall–Kier alpha value is -3.39. The van der Waals surface area contributed by atoms with E-state index < -0.39 is 5.91 Å². The van der Waals surface area contributed by atoms with Gasteiger partial charge >= 0.3 is 0 Å². The molecule has 4 rings (SSSR count). The number of hydrazone groups is 1. The van der Waals surface area contributed by atoms with Crippen molar-refractivity contribution in [1.29, 1.82) is 0 Å². The van der Waals surface area contributed by atoms with Crippen LogP contribution in [0.3, 0.4) is 0 Å². The van der Waals surface area contributed by atoms with Gasteiger partial charge in [-0.2, -0.15) is 0 Å². The molecule has 7 nitrogen and oxygen atoms in total. The molecule has 2 aromatic carbocycles. The Kier molecular flexibility index (Phi) is 6.24. The highest BCUT2D eigenvalue weighted by Crippen LogP contribution is 2.23. The number of amidine groups is 1. The first-order valence-electron chi connectivity index (χ1n) is 9.51. The number of para-hydroxylation sites is 1. The smallest absolute Gasteiger partial charge is 0.278 e. The first-order chi connectivity index (χ1) is 14.7. The van der Waals surface area contributed by atoms with Crippen LogP contribution < -0.4 is 10.2 Å². The van der Waals surface area contributed by atoms with Crippen LogP contribution in [0.1, 0.15) is 5.56 Å². The monoisotopic (exact) mass is 420 g/mol. The number of pyridine rings is 1. The summed E-state index contributed by atoms with van der Waals surface area (Å²) in [5.74, 6) is 0.438. The van der Waals surface area contributed by atoms with Crippen molar-refractivity contribution in [3.8, 4) is 5.75 Å². The fourth-order valence-electron chi connectivity index (χ4n) is 3.07. The Morgan fingerprint density at radius 2 is 1.97 bits per heavy atom. The van der Waals surface area contributed by atoms with Crippen molar-refractivity contribution in [3.63, 3.8) is 0 Å². The second-order valence-electron chi connectivity index (χ2n) is 6.62. The zero-order valence-corrected chi connectivity index (χ0v) is 17.0. The van der Waals surface area contributed by atoms with Crippen molar-refractivity contribution in [2.45, 2.75) is 6.42 Å². The van der Waals surface area contributed by atoms with Crippen LogP contribution in [0.4, 0.5) is 0 Å². The van der Waals surface area contributed by atoms with Crippen LogP contribution >= 0.6 is 11.8 Å². The lowest BCUT2D eigenvalue weighted by Gasteiger charge is -2.15. The van der Waals surface area contributed by atoms with Crippen LogP contribution in [0, 0.1) is 0 Å². The number of nitrogens with zero attached hydrogens (tertiary/aromatic N) is 3. The maximum atomic E-state index is 12.2. The van der Waals surface area contributed by atoms with Gasteiger partial charge in [-0.25, -0.2) is 5.43 Å². The third-order valence-corrected chi connectivity index (χ3v) is 5.52. The molecule has 1 aromatic heterocycles. The van der Waals surface area contributed by atoms with E-state index in [0.29, 0.717) is 28.7 Å². The van der Waals surface area contributed by atoms with Crippen molar-refractivity contribution in [3.05, 3.63) is 72.4 Å². The predicted octanol–water partition coefficient (Wildman–Crippen LogP) is 2.82. The van der Waals surface area contributed by atoms with Crippen LogP contribution in [-0.2, 0) is 16.0 Å². The van der Waals surface area contributed by atoms with Gasteiger partial charge in [-0.05, 0) is 24.1 Å². The van der Waals surface area contributed by atoms with Crippen molar-refractivity contribution in [2.75, 3.05) is 18.9 Å². The molecule has 0 bridgehead atoms. The van der Waals surface area contributed by atoms with E-state index in [1.807, 2.05) is 54.6 Å². The van der Waals surface area contributed by atoms with Gasteiger partial charge in [0, 0.05) is 18.1 Å². The molecule has 1 aliphatic heterocycles. The third-order valence-electron chi connectivity index (χ3n) is 4.55. The topological polar surface area (TPSA) is 83.9 Å². The zero-order valence-electron chi connectivity index (χ0n) is 16.2. The molecule has 3 aromatic rings. The van der Waals surface area contributed by atoms with Gasteiger partial charge in [-0.1, -0.05) is 60.3 Å². The summed E-state index contributed by atoms with van der Waals surface area (Å²) < 4.78 is 5.62. The van der Waals surface area contributed by atoms with Crippen LogP contribution in [-0.4, -0.2) is 45.8 Å². The maximum absolute atomic E-state index is 12.2. The van der Waals surface area contributed by atoms with Gasteiger partial charge in [-0.15, -0.1) is 5.10 Å². The number of aromatic nitrogens is 1. The molecule has 0 spiro atoms. The highest BCUT2D eigenvalue weighted by molar-refractivity contribution is 8.15. The number of hydrogen-bond donors (Lipinski definition) is 1. The Morgan fingerprint density at radius 3 is 2.83 bits per heavy atom. The maximum Gasteiger partial charge on any atom is 0.278 e. The van der Waals surface area contributed by atoms with Crippen LogP contribution in [0.2, 0.25) is 0 Å². The van der Waals surface area contributed by atoms with Gasteiger partial charge in [0.2, 0.25) is 5.91 Å².